The van der Waals surface area contributed by atoms with Crippen molar-refractivity contribution in [1.29, 1.82) is 0 Å². The number of nitrogens with zero attached hydrogens (tertiary/aromatic N) is 1. The molecule has 7 heteroatoms. The second-order valence-electron chi connectivity index (χ2n) is 4.67. The Balaban J connectivity index is 1.94. The lowest BCUT2D eigenvalue weighted by atomic mass is 9.98. The number of benzene rings is 1. The molecule has 0 saturated carbocycles. The molecule has 19 heavy (non-hydrogen) atoms. The molecule has 0 atom stereocenters. The van der Waals surface area contributed by atoms with Gasteiger partial charge >= 0.3 is 11.9 Å². The Morgan fingerprint density at radius 1 is 1.37 bits per heavy atom. The smallest absolute Gasteiger partial charge is 0.408 e. The van der Waals surface area contributed by atoms with Crippen molar-refractivity contribution >= 4 is 11.1 Å². The van der Waals surface area contributed by atoms with Crippen molar-refractivity contribution in [2.75, 3.05) is 13.1 Å². The molecule has 2 heterocycles. The fourth-order valence-corrected chi connectivity index (χ4v) is 2.51. The summed E-state index contributed by atoms with van der Waals surface area (Å²) in [6.45, 7) is -0.387. The highest BCUT2D eigenvalue weighted by Crippen LogP contribution is 2.27. The third-order valence-electron chi connectivity index (χ3n) is 3.26. The molecule has 3 rings (SSSR count). The van der Waals surface area contributed by atoms with Crippen LogP contribution < -0.4 is 5.76 Å². The fourth-order valence-electron chi connectivity index (χ4n) is 2.51. The summed E-state index contributed by atoms with van der Waals surface area (Å²) in [6, 6.07) is 3.40. The zero-order chi connectivity index (χ0) is 13.6. The zero-order valence-corrected chi connectivity index (χ0v) is 9.88. The summed E-state index contributed by atoms with van der Waals surface area (Å²) < 4.78 is 42.1. The summed E-state index contributed by atoms with van der Waals surface area (Å²) in [4.78, 5) is 15.0. The highest BCUT2D eigenvalue weighted by Gasteiger charge is 2.32. The first-order chi connectivity index (χ1) is 8.92. The van der Waals surface area contributed by atoms with E-state index in [-0.39, 0.29) is 6.54 Å². The van der Waals surface area contributed by atoms with Gasteiger partial charge in [-0.3, -0.25) is 9.88 Å². The number of oxazole rings is 1. The molecule has 1 aromatic carbocycles. The summed E-state index contributed by atoms with van der Waals surface area (Å²) in [5.41, 5.74) is 2.67. The van der Waals surface area contributed by atoms with Gasteiger partial charge in [0.05, 0.1) is 12.1 Å². The van der Waals surface area contributed by atoms with Crippen LogP contribution in [0.1, 0.15) is 11.1 Å². The SMILES string of the molecule is O=c1[nH]c2ccc3c(c2o1)CCN(CC(F)(F)F)C3. The molecule has 4 nitrogen and oxygen atoms in total. The van der Waals surface area contributed by atoms with Crippen molar-refractivity contribution in [3.05, 3.63) is 33.8 Å². The Labute approximate surface area is 105 Å². The molecule has 1 aromatic heterocycles. The Bertz CT molecular complexity index is 672. The van der Waals surface area contributed by atoms with Gasteiger partial charge in [-0.25, -0.2) is 4.79 Å². The molecule has 1 aliphatic rings. The molecule has 0 fully saturated rings. The summed E-state index contributed by atoms with van der Waals surface area (Å²) in [7, 11) is 0. The van der Waals surface area contributed by atoms with Crippen LogP contribution in [0.2, 0.25) is 0 Å². The minimum Gasteiger partial charge on any atom is -0.408 e. The van der Waals surface area contributed by atoms with Crippen molar-refractivity contribution in [1.82, 2.24) is 9.88 Å². The van der Waals surface area contributed by atoms with Gasteiger partial charge in [0, 0.05) is 18.7 Å². The van der Waals surface area contributed by atoms with E-state index in [1.807, 2.05) is 0 Å². The Kier molecular flexibility index (Phi) is 2.67. The normalized spacial score (nSPS) is 16.8. The summed E-state index contributed by atoms with van der Waals surface area (Å²) in [6.07, 6.45) is -3.74. The van der Waals surface area contributed by atoms with E-state index in [2.05, 4.69) is 4.98 Å². The maximum Gasteiger partial charge on any atom is 0.417 e. The quantitative estimate of drug-likeness (QED) is 0.864. The van der Waals surface area contributed by atoms with Crippen molar-refractivity contribution < 1.29 is 17.6 Å². The van der Waals surface area contributed by atoms with E-state index in [9.17, 15) is 18.0 Å². The molecule has 0 bridgehead atoms. The minimum atomic E-state index is -4.19. The summed E-state index contributed by atoms with van der Waals surface area (Å²) >= 11 is 0. The molecule has 102 valence electrons. The van der Waals surface area contributed by atoms with Crippen LogP contribution in [0.4, 0.5) is 13.2 Å². The number of fused-ring (bicyclic) bond motifs is 3. The summed E-state index contributed by atoms with van der Waals surface area (Å²) in [5.74, 6) is -0.541. The van der Waals surface area contributed by atoms with Gasteiger partial charge in [-0.2, -0.15) is 13.2 Å². The van der Waals surface area contributed by atoms with Crippen LogP contribution in [0.25, 0.3) is 11.1 Å². The molecule has 0 saturated heterocycles. The molecule has 0 amide bonds. The lowest BCUT2D eigenvalue weighted by molar-refractivity contribution is -0.147. The van der Waals surface area contributed by atoms with Crippen LogP contribution in [0.15, 0.2) is 21.3 Å². The van der Waals surface area contributed by atoms with Crippen molar-refractivity contribution in [3.8, 4) is 0 Å². The zero-order valence-electron chi connectivity index (χ0n) is 9.88. The van der Waals surface area contributed by atoms with Crippen LogP contribution in [-0.2, 0) is 13.0 Å². The van der Waals surface area contributed by atoms with Crippen LogP contribution in [0, 0.1) is 0 Å². The van der Waals surface area contributed by atoms with Gasteiger partial charge in [0.15, 0.2) is 5.58 Å². The predicted molar refractivity (Wildman–Crippen MR) is 61.9 cm³/mol. The lowest BCUT2D eigenvalue weighted by Crippen LogP contribution is -2.37. The van der Waals surface area contributed by atoms with E-state index in [1.165, 1.54) is 4.90 Å². The maximum absolute atomic E-state index is 12.4. The number of nitrogens with one attached hydrogen (secondary N) is 1. The van der Waals surface area contributed by atoms with E-state index in [0.29, 0.717) is 24.1 Å². The molecule has 0 unspecified atom stereocenters. The average Bonchev–Trinajstić information content (AvgIpc) is 2.67. The van der Waals surface area contributed by atoms with E-state index >= 15 is 0 Å². The number of rotatable bonds is 1. The molecular weight excluding hydrogens is 261 g/mol. The van der Waals surface area contributed by atoms with Crippen LogP contribution in [0.5, 0.6) is 0 Å². The first kappa shape index (κ1) is 12.3. The van der Waals surface area contributed by atoms with Crippen LogP contribution in [-0.4, -0.2) is 29.1 Å². The predicted octanol–water partition coefficient (Wildman–Crippen LogP) is 2.04. The van der Waals surface area contributed by atoms with Gasteiger partial charge in [-0.1, -0.05) is 6.07 Å². The molecule has 0 spiro atoms. The number of hydrogen-bond donors (Lipinski definition) is 1. The van der Waals surface area contributed by atoms with Crippen LogP contribution in [0.3, 0.4) is 0 Å². The standard InChI is InChI=1S/C12H11F3N2O2/c13-12(14,15)6-17-4-3-8-7(5-17)1-2-9-10(8)19-11(18)16-9/h1-2H,3-6H2,(H,16,18). The van der Waals surface area contributed by atoms with Gasteiger partial charge in [-0.15, -0.1) is 0 Å². The average molecular weight is 272 g/mol. The second kappa shape index (κ2) is 4.12. The largest absolute Gasteiger partial charge is 0.417 e. The van der Waals surface area contributed by atoms with Gasteiger partial charge < -0.3 is 4.42 Å². The highest BCUT2D eigenvalue weighted by atomic mass is 19.4. The lowest BCUT2D eigenvalue weighted by Gasteiger charge is -2.29. The van der Waals surface area contributed by atoms with Crippen molar-refractivity contribution in [2.45, 2.75) is 19.1 Å². The maximum atomic E-state index is 12.4. The monoisotopic (exact) mass is 272 g/mol. The number of hydrogen-bond acceptors (Lipinski definition) is 3. The Morgan fingerprint density at radius 3 is 2.89 bits per heavy atom. The number of aromatic nitrogens is 1. The number of H-pyrrole nitrogens is 1. The van der Waals surface area contributed by atoms with Gasteiger partial charge in [0.1, 0.15) is 0 Å². The van der Waals surface area contributed by atoms with Gasteiger partial charge in [0.25, 0.3) is 0 Å². The number of aromatic amines is 1. The van der Waals surface area contributed by atoms with E-state index in [0.717, 1.165) is 11.1 Å². The van der Waals surface area contributed by atoms with Gasteiger partial charge in [-0.05, 0) is 18.1 Å². The Hall–Kier alpha value is -1.76. The minimum absolute atomic E-state index is 0.222. The molecule has 2 aromatic rings. The number of alkyl halides is 3. The Morgan fingerprint density at radius 2 is 2.16 bits per heavy atom. The van der Waals surface area contributed by atoms with Crippen molar-refractivity contribution in [3.63, 3.8) is 0 Å². The third kappa shape index (κ3) is 2.37. The second-order valence-corrected chi connectivity index (χ2v) is 4.67. The first-order valence-electron chi connectivity index (χ1n) is 5.85. The van der Waals surface area contributed by atoms with Crippen molar-refractivity contribution in [2.24, 2.45) is 0 Å². The number of halogens is 3. The van der Waals surface area contributed by atoms with E-state index < -0.39 is 18.5 Å². The van der Waals surface area contributed by atoms with Crippen LogP contribution >= 0.6 is 0 Å². The fraction of sp³-hybridized carbons (Fsp3) is 0.417. The summed E-state index contributed by atoms with van der Waals surface area (Å²) in [5, 5.41) is 0. The third-order valence-corrected chi connectivity index (χ3v) is 3.26. The molecule has 0 radical (unpaired) electrons. The highest BCUT2D eigenvalue weighted by molar-refractivity contribution is 5.77. The van der Waals surface area contributed by atoms with E-state index in [1.54, 1.807) is 12.1 Å². The van der Waals surface area contributed by atoms with Gasteiger partial charge in [0.2, 0.25) is 0 Å². The molecule has 1 N–H and O–H groups in total. The molecule has 0 aliphatic carbocycles. The molecular formula is C12H11F3N2O2. The topological polar surface area (TPSA) is 49.2 Å². The van der Waals surface area contributed by atoms with E-state index in [4.69, 9.17) is 4.42 Å². The first-order valence-corrected chi connectivity index (χ1v) is 5.85. The molecule has 1 aliphatic heterocycles.